The van der Waals surface area contributed by atoms with E-state index in [0.717, 1.165) is 19.4 Å². The van der Waals surface area contributed by atoms with Crippen LogP contribution in [0.3, 0.4) is 0 Å². The maximum absolute atomic E-state index is 14.3. The molecule has 0 radical (unpaired) electrons. The number of rotatable bonds is 7. The van der Waals surface area contributed by atoms with Gasteiger partial charge in [0.25, 0.3) is 5.88 Å². The lowest BCUT2D eigenvalue weighted by Gasteiger charge is -2.34. The number of hydrogen-bond acceptors (Lipinski definition) is 5. The quantitative estimate of drug-likeness (QED) is 0.778. The van der Waals surface area contributed by atoms with Gasteiger partial charge in [0.1, 0.15) is 0 Å². The molecule has 9 heteroatoms. The summed E-state index contributed by atoms with van der Waals surface area (Å²) in [5.41, 5.74) is 0.381. The number of alkyl halides is 2. The minimum Gasteiger partial charge on any atom is -0.481 e. The number of nitrogens with one attached hydrogen (secondary N) is 1. The first-order valence-corrected chi connectivity index (χ1v) is 9.01. The average Bonchev–Trinajstić information content (AvgIpc) is 3.02. The van der Waals surface area contributed by atoms with Crippen molar-refractivity contribution in [1.82, 2.24) is 15.2 Å². The zero-order valence-corrected chi connectivity index (χ0v) is 15.4. The van der Waals surface area contributed by atoms with Gasteiger partial charge in [0.2, 0.25) is 17.7 Å². The molecule has 6 nitrogen and oxygen atoms in total. The van der Waals surface area contributed by atoms with Gasteiger partial charge in [-0.05, 0) is 32.5 Å². The van der Waals surface area contributed by atoms with Crippen molar-refractivity contribution < 1.29 is 27.4 Å². The fraction of sp³-hybridized carbons (Fsp3) is 0.667. The summed E-state index contributed by atoms with van der Waals surface area (Å²) in [5.74, 6) is -3.95. The summed E-state index contributed by atoms with van der Waals surface area (Å²) in [6.07, 6.45) is 1.24. The molecule has 1 aliphatic carbocycles. The minimum absolute atomic E-state index is 0.0211. The van der Waals surface area contributed by atoms with Gasteiger partial charge in [-0.2, -0.15) is 4.98 Å². The van der Waals surface area contributed by atoms with Crippen LogP contribution < -0.4 is 14.8 Å². The van der Waals surface area contributed by atoms with Gasteiger partial charge >= 0.3 is 0 Å². The van der Waals surface area contributed by atoms with Gasteiger partial charge in [-0.1, -0.05) is 0 Å². The van der Waals surface area contributed by atoms with E-state index in [9.17, 15) is 18.0 Å². The van der Waals surface area contributed by atoms with Crippen LogP contribution in [-0.2, 0) is 11.3 Å². The molecule has 3 rings (SSSR count). The first kappa shape index (κ1) is 19.7. The molecule has 0 unspecified atom stereocenters. The summed E-state index contributed by atoms with van der Waals surface area (Å²) in [4.78, 5) is 18.2. The van der Waals surface area contributed by atoms with Crippen LogP contribution in [0.5, 0.6) is 11.8 Å². The molecule has 1 saturated carbocycles. The maximum atomic E-state index is 14.3. The van der Waals surface area contributed by atoms with E-state index in [-0.39, 0.29) is 55.6 Å². The van der Waals surface area contributed by atoms with Gasteiger partial charge in [-0.15, -0.1) is 0 Å². The highest BCUT2D eigenvalue weighted by Crippen LogP contribution is 2.42. The van der Waals surface area contributed by atoms with Crippen LogP contribution >= 0.6 is 0 Å². The molecule has 1 N–H and O–H groups in total. The van der Waals surface area contributed by atoms with E-state index in [1.807, 2.05) is 11.9 Å². The topological polar surface area (TPSA) is 63.7 Å². The Balaban J connectivity index is 1.59. The second kappa shape index (κ2) is 7.92. The lowest BCUT2D eigenvalue weighted by atomic mass is 9.82. The molecule has 1 atom stereocenters. The van der Waals surface area contributed by atoms with Crippen LogP contribution in [0.4, 0.5) is 13.2 Å². The third kappa shape index (κ3) is 4.63. The van der Waals surface area contributed by atoms with Crippen molar-refractivity contribution in [3.8, 4) is 11.8 Å². The van der Waals surface area contributed by atoms with Crippen molar-refractivity contribution in [3.63, 3.8) is 0 Å². The predicted octanol–water partition coefficient (Wildman–Crippen LogP) is 2.36. The number of aromatic nitrogens is 1. The summed E-state index contributed by atoms with van der Waals surface area (Å²) < 4.78 is 50.4. The Morgan fingerprint density at radius 3 is 2.74 bits per heavy atom. The predicted molar refractivity (Wildman–Crippen MR) is 91.4 cm³/mol. The number of carbonyl (C=O) groups excluding carboxylic acids is 1. The molecule has 0 bridgehead atoms. The Hall–Kier alpha value is -2.03. The second-order valence-electron chi connectivity index (χ2n) is 7.24. The Bertz CT molecular complexity index is 694. The van der Waals surface area contributed by atoms with E-state index < -0.39 is 11.7 Å². The molecular formula is C18H24F3N3O3. The van der Waals surface area contributed by atoms with E-state index >= 15 is 0 Å². The molecule has 1 aromatic rings. The normalized spacial score (nSPS) is 22.3. The molecule has 0 spiro atoms. The fourth-order valence-corrected chi connectivity index (χ4v) is 3.54. The lowest BCUT2D eigenvalue weighted by Crippen LogP contribution is -2.41. The fourth-order valence-electron chi connectivity index (χ4n) is 3.54. The van der Waals surface area contributed by atoms with Gasteiger partial charge in [0.15, 0.2) is 5.82 Å². The van der Waals surface area contributed by atoms with Gasteiger partial charge in [-0.3, -0.25) is 9.69 Å². The molecule has 0 aromatic carbocycles. The van der Waals surface area contributed by atoms with Crippen LogP contribution in [0.15, 0.2) is 6.07 Å². The highest BCUT2D eigenvalue weighted by Gasteiger charge is 2.45. The van der Waals surface area contributed by atoms with Crippen molar-refractivity contribution in [2.75, 3.05) is 27.3 Å². The van der Waals surface area contributed by atoms with Crippen LogP contribution in [0.2, 0.25) is 0 Å². The van der Waals surface area contributed by atoms with Gasteiger partial charge in [0, 0.05) is 30.9 Å². The zero-order valence-electron chi connectivity index (χ0n) is 15.4. The smallest absolute Gasteiger partial charge is 0.253 e. The Morgan fingerprint density at radius 1 is 1.41 bits per heavy atom. The zero-order chi connectivity index (χ0) is 19.6. The van der Waals surface area contributed by atoms with Crippen LogP contribution in [0, 0.1) is 11.7 Å². The minimum atomic E-state index is -2.65. The van der Waals surface area contributed by atoms with E-state index in [2.05, 4.69) is 10.3 Å². The Morgan fingerprint density at radius 2 is 2.15 bits per heavy atom. The standard InChI is InChI=1S/C18H24F3N3O3/c1-24-5-3-4-14(24)15(25)22-9-12-6-13(19)17(23-16(12)26-2)27-10-11-7-18(20,21)8-11/h6,11,14H,3-5,7-10H2,1-2H3,(H,22,25)/t14-/m0/s1. The lowest BCUT2D eigenvalue weighted by molar-refractivity contribution is -0.125. The van der Waals surface area contributed by atoms with Crippen molar-refractivity contribution in [3.05, 3.63) is 17.4 Å². The third-order valence-electron chi connectivity index (χ3n) is 5.08. The van der Waals surface area contributed by atoms with E-state index in [1.54, 1.807) is 0 Å². The van der Waals surface area contributed by atoms with Crippen molar-refractivity contribution in [2.24, 2.45) is 5.92 Å². The van der Waals surface area contributed by atoms with Crippen molar-refractivity contribution in [1.29, 1.82) is 0 Å². The highest BCUT2D eigenvalue weighted by molar-refractivity contribution is 5.82. The average molecular weight is 387 g/mol. The van der Waals surface area contributed by atoms with Gasteiger partial charge in [0.05, 0.1) is 19.8 Å². The Labute approximate surface area is 156 Å². The molecule has 1 amide bonds. The molecule has 150 valence electrons. The monoisotopic (exact) mass is 387 g/mol. The number of nitrogens with zero attached hydrogens (tertiary/aromatic N) is 2. The molecule has 2 fully saturated rings. The molecule has 1 aliphatic heterocycles. The van der Waals surface area contributed by atoms with Crippen molar-refractivity contribution >= 4 is 5.91 Å². The van der Waals surface area contributed by atoms with E-state index in [4.69, 9.17) is 9.47 Å². The SMILES string of the molecule is COc1nc(OCC2CC(F)(F)C2)c(F)cc1CNC(=O)[C@@H]1CCCN1C. The third-order valence-corrected chi connectivity index (χ3v) is 5.08. The number of likely N-dealkylation sites (N-methyl/N-ethyl adjacent to an activating group) is 1. The highest BCUT2D eigenvalue weighted by atomic mass is 19.3. The Kier molecular flexibility index (Phi) is 5.78. The summed E-state index contributed by atoms with van der Waals surface area (Å²) in [7, 11) is 3.27. The largest absolute Gasteiger partial charge is 0.481 e. The molecule has 1 saturated heterocycles. The number of methoxy groups -OCH3 is 1. The summed E-state index contributed by atoms with van der Waals surface area (Å²) in [6, 6.07) is 1.01. The van der Waals surface area contributed by atoms with Gasteiger partial charge in [-0.25, -0.2) is 13.2 Å². The summed E-state index contributed by atoms with van der Waals surface area (Å²) in [6.45, 7) is 0.925. The summed E-state index contributed by atoms with van der Waals surface area (Å²) >= 11 is 0. The first-order chi connectivity index (χ1) is 12.8. The molecule has 2 aliphatic rings. The van der Waals surface area contributed by atoms with Crippen LogP contribution in [0.25, 0.3) is 0 Å². The number of ether oxygens (including phenoxy) is 2. The number of carbonyl (C=O) groups is 1. The number of halogens is 3. The molecule has 27 heavy (non-hydrogen) atoms. The maximum Gasteiger partial charge on any atom is 0.253 e. The molecule has 2 heterocycles. The van der Waals surface area contributed by atoms with E-state index in [1.165, 1.54) is 13.2 Å². The van der Waals surface area contributed by atoms with Crippen LogP contribution in [-0.4, -0.2) is 55.1 Å². The van der Waals surface area contributed by atoms with Crippen LogP contribution in [0.1, 0.15) is 31.2 Å². The van der Waals surface area contributed by atoms with Gasteiger partial charge < -0.3 is 14.8 Å². The molecular weight excluding hydrogens is 363 g/mol. The summed E-state index contributed by atoms with van der Waals surface area (Å²) in [5, 5.41) is 2.78. The number of pyridine rings is 1. The number of amides is 1. The number of likely N-dealkylation sites (tertiary alicyclic amines) is 1. The molecule has 1 aromatic heterocycles. The first-order valence-electron chi connectivity index (χ1n) is 9.01. The van der Waals surface area contributed by atoms with Crippen molar-refractivity contribution in [2.45, 2.75) is 44.2 Å². The number of hydrogen-bond donors (Lipinski definition) is 1. The second-order valence-corrected chi connectivity index (χ2v) is 7.24. The van der Waals surface area contributed by atoms with E-state index in [0.29, 0.717) is 5.56 Å².